The lowest BCUT2D eigenvalue weighted by atomic mass is 10.1. The summed E-state index contributed by atoms with van der Waals surface area (Å²) in [5.74, 6) is 3.51. The molecule has 0 aliphatic carbocycles. The molecule has 0 aromatic carbocycles. The number of nitrogens with zero attached hydrogens (tertiary/aromatic N) is 3. The maximum Gasteiger partial charge on any atom is 0.160 e. The van der Waals surface area contributed by atoms with Gasteiger partial charge in [-0.2, -0.15) is 11.8 Å². The monoisotopic (exact) mass is 289 g/mol. The summed E-state index contributed by atoms with van der Waals surface area (Å²) in [6, 6.07) is 4.56. The Bertz CT molecular complexity index is 600. The minimum absolute atomic E-state index is 0.156. The summed E-state index contributed by atoms with van der Waals surface area (Å²) in [6.07, 6.45) is 6.74. The van der Waals surface area contributed by atoms with Gasteiger partial charge in [0.15, 0.2) is 5.65 Å². The van der Waals surface area contributed by atoms with Gasteiger partial charge in [0.05, 0.1) is 0 Å². The van der Waals surface area contributed by atoms with Crippen LogP contribution in [0.4, 0.5) is 0 Å². The van der Waals surface area contributed by atoms with E-state index >= 15 is 0 Å². The van der Waals surface area contributed by atoms with Crippen LogP contribution in [-0.4, -0.2) is 32.6 Å². The van der Waals surface area contributed by atoms with E-state index in [0.717, 1.165) is 30.0 Å². The standard InChI is InChI=1S/C15H19N3OS/c1-2-8-19-13(5-1)15-17-12-4-3-7-16-14(12)18(15)11-6-9-20-10-11/h3-4,7,11,13H,1-2,5-6,8-10H2. The Morgan fingerprint density at radius 3 is 3.10 bits per heavy atom. The van der Waals surface area contributed by atoms with E-state index in [1.165, 1.54) is 30.8 Å². The minimum Gasteiger partial charge on any atom is -0.370 e. The molecule has 2 fully saturated rings. The number of hydrogen-bond acceptors (Lipinski definition) is 4. The second kappa shape index (κ2) is 5.37. The Morgan fingerprint density at radius 1 is 1.30 bits per heavy atom. The van der Waals surface area contributed by atoms with Crippen LogP contribution >= 0.6 is 11.8 Å². The van der Waals surface area contributed by atoms with E-state index in [9.17, 15) is 0 Å². The van der Waals surface area contributed by atoms with E-state index in [0.29, 0.717) is 6.04 Å². The average Bonchev–Trinajstić information content (AvgIpc) is 3.14. The number of rotatable bonds is 2. The first-order valence-electron chi connectivity index (χ1n) is 7.45. The number of pyridine rings is 1. The van der Waals surface area contributed by atoms with Crippen molar-refractivity contribution in [2.45, 2.75) is 37.8 Å². The van der Waals surface area contributed by atoms with Crippen LogP contribution in [0, 0.1) is 0 Å². The first kappa shape index (κ1) is 12.7. The molecule has 2 aliphatic rings. The van der Waals surface area contributed by atoms with E-state index in [-0.39, 0.29) is 6.10 Å². The fraction of sp³-hybridized carbons (Fsp3) is 0.600. The third-order valence-corrected chi connectivity index (χ3v) is 5.36. The average molecular weight is 289 g/mol. The van der Waals surface area contributed by atoms with Crippen LogP contribution in [0.5, 0.6) is 0 Å². The van der Waals surface area contributed by atoms with Crippen LogP contribution in [0.3, 0.4) is 0 Å². The third kappa shape index (κ3) is 2.13. The zero-order valence-electron chi connectivity index (χ0n) is 11.5. The van der Waals surface area contributed by atoms with Gasteiger partial charge in [-0.3, -0.25) is 0 Å². The van der Waals surface area contributed by atoms with Crippen LogP contribution in [0.2, 0.25) is 0 Å². The molecule has 0 radical (unpaired) electrons. The first-order chi connectivity index (χ1) is 9.93. The lowest BCUT2D eigenvalue weighted by Gasteiger charge is -2.24. The van der Waals surface area contributed by atoms with Gasteiger partial charge in [-0.1, -0.05) is 0 Å². The predicted octanol–water partition coefficient (Wildman–Crippen LogP) is 3.35. The molecule has 0 spiro atoms. The molecule has 106 valence electrons. The molecule has 2 saturated heterocycles. The summed E-state index contributed by atoms with van der Waals surface area (Å²) in [5.41, 5.74) is 2.04. The number of aromatic nitrogens is 3. The number of imidazole rings is 1. The summed E-state index contributed by atoms with van der Waals surface area (Å²) in [7, 11) is 0. The summed E-state index contributed by atoms with van der Waals surface area (Å²) < 4.78 is 8.34. The number of thioether (sulfide) groups is 1. The molecule has 5 heteroatoms. The van der Waals surface area contributed by atoms with Gasteiger partial charge < -0.3 is 9.30 Å². The van der Waals surface area contributed by atoms with E-state index < -0.39 is 0 Å². The quantitative estimate of drug-likeness (QED) is 0.850. The maximum atomic E-state index is 5.98. The van der Waals surface area contributed by atoms with Crippen molar-refractivity contribution in [3.8, 4) is 0 Å². The highest BCUT2D eigenvalue weighted by atomic mass is 32.2. The molecular weight excluding hydrogens is 270 g/mol. The van der Waals surface area contributed by atoms with Crippen molar-refractivity contribution < 1.29 is 4.74 Å². The molecule has 0 N–H and O–H groups in total. The van der Waals surface area contributed by atoms with E-state index in [1.807, 2.05) is 24.0 Å². The van der Waals surface area contributed by atoms with Crippen molar-refractivity contribution in [2.24, 2.45) is 0 Å². The van der Waals surface area contributed by atoms with Crippen molar-refractivity contribution in [3.63, 3.8) is 0 Å². The number of ether oxygens (including phenoxy) is 1. The Kier molecular flexibility index (Phi) is 3.40. The maximum absolute atomic E-state index is 5.98. The highest BCUT2D eigenvalue weighted by Gasteiger charge is 2.28. The molecule has 2 aliphatic heterocycles. The SMILES string of the molecule is c1cnc2c(c1)nc(C1CCCCO1)n2C1CCSC1. The largest absolute Gasteiger partial charge is 0.370 e. The van der Waals surface area contributed by atoms with Gasteiger partial charge in [-0.25, -0.2) is 9.97 Å². The minimum atomic E-state index is 0.156. The van der Waals surface area contributed by atoms with Gasteiger partial charge in [0, 0.05) is 24.6 Å². The van der Waals surface area contributed by atoms with E-state index in [4.69, 9.17) is 9.72 Å². The second-order valence-corrected chi connectivity index (χ2v) is 6.71. The predicted molar refractivity (Wildman–Crippen MR) is 81.1 cm³/mol. The van der Waals surface area contributed by atoms with Gasteiger partial charge in [0.1, 0.15) is 17.4 Å². The summed E-state index contributed by atoms with van der Waals surface area (Å²) in [4.78, 5) is 9.42. The topological polar surface area (TPSA) is 39.9 Å². The van der Waals surface area contributed by atoms with Crippen LogP contribution in [0.1, 0.15) is 43.7 Å². The molecule has 2 aromatic rings. The smallest absolute Gasteiger partial charge is 0.160 e. The van der Waals surface area contributed by atoms with Gasteiger partial charge in [0.2, 0.25) is 0 Å². The summed E-state index contributed by atoms with van der Waals surface area (Å²) in [6.45, 7) is 0.862. The van der Waals surface area contributed by atoms with Gasteiger partial charge in [-0.05, 0) is 43.6 Å². The Hall–Kier alpha value is -1.07. The van der Waals surface area contributed by atoms with Crippen molar-refractivity contribution in [1.29, 1.82) is 0 Å². The lowest BCUT2D eigenvalue weighted by Crippen LogP contribution is -2.19. The molecule has 0 saturated carbocycles. The fourth-order valence-corrected chi connectivity index (χ4v) is 4.40. The summed E-state index contributed by atoms with van der Waals surface area (Å²) >= 11 is 2.03. The zero-order chi connectivity index (χ0) is 13.4. The van der Waals surface area contributed by atoms with Crippen molar-refractivity contribution >= 4 is 22.9 Å². The lowest BCUT2D eigenvalue weighted by molar-refractivity contribution is 0.00701. The molecule has 4 rings (SSSR count). The van der Waals surface area contributed by atoms with Crippen LogP contribution in [-0.2, 0) is 4.74 Å². The fourth-order valence-electron chi connectivity index (χ4n) is 3.20. The van der Waals surface area contributed by atoms with Crippen LogP contribution in [0.25, 0.3) is 11.2 Å². The third-order valence-electron chi connectivity index (χ3n) is 4.21. The normalized spacial score (nSPS) is 27.2. The molecule has 2 atom stereocenters. The summed E-state index contributed by atoms with van der Waals surface area (Å²) in [5, 5.41) is 0. The second-order valence-electron chi connectivity index (χ2n) is 5.56. The van der Waals surface area contributed by atoms with Gasteiger partial charge in [0.25, 0.3) is 0 Å². The highest BCUT2D eigenvalue weighted by Crippen LogP contribution is 2.36. The zero-order valence-corrected chi connectivity index (χ0v) is 12.3. The van der Waals surface area contributed by atoms with Crippen LogP contribution in [0.15, 0.2) is 18.3 Å². The van der Waals surface area contributed by atoms with Crippen molar-refractivity contribution in [2.75, 3.05) is 18.1 Å². The molecule has 0 amide bonds. The highest BCUT2D eigenvalue weighted by molar-refractivity contribution is 7.99. The first-order valence-corrected chi connectivity index (χ1v) is 8.61. The van der Waals surface area contributed by atoms with Gasteiger partial charge in [-0.15, -0.1) is 0 Å². The molecular formula is C15H19N3OS. The van der Waals surface area contributed by atoms with Gasteiger partial charge >= 0.3 is 0 Å². The molecule has 2 unspecified atom stereocenters. The molecule has 4 nitrogen and oxygen atoms in total. The molecule has 2 aromatic heterocycles. The van der Waals surface area contributed by atoms with Crippen LogP contribution < -0.4 is 0 Å². The molecule has 4 heterocycles. The Morgan fingerprint density at radius 2 is 2.30 bits per heavy atom. The van der Waals surface area contributed by atoms with E-state index in [2.05, 4.69) is 15.6 Å². The molecule has 0 bridgehead atoms. The Balaban J connectivity index is 1.82. The molecule has 20 heavy (non-hydrogen) atoms. The van der Waals surface area contributed by atoms with E-state index in [1.54, 1.807) is 0 Å². The van der Waals surface area contributed by atoms with Crippen molar-refractivity contribution in [3.05, 3.63) is 24.2 Å². The number of fused-ring (bicyclic) bond motifs is 1. The number of hydrogen-bond donors (Lipinski definition) is 0. The Labute approximate surface area is 122 Å². The van der Waals surface area contributed by atoms with Crippen molar-refractivity contribution in [1.82, 2.24) is 14.5 Å².